The average molecular weight is 116 g/mol. The van der Waals surface area contributed by atoms with Crippen LogP contribution in [0, 0.1) is 6.07 Å². The lowest BCUT2D eigenvalue weighted by Crippen LogP contribution is -1.76. The highest BCUT2D eigenvalue weighted by Gasteiger charge is 1.84. The molecular weight excluding hydrogens is 110 g/mol. The SMILES string of the molecule is [c]1ccc2cccn2c1. The highest BCUT2D eigenvalue weighted by molar-refractivity contribution is 5.46. The summed E-state index contributed by atoms with van der Waals surface area (Å²) in [6.07, 6.45) is 3.92. The van der Waals surface area contributed by atoms with Gasteiger partial charge in [0.25, 0.3) is 0 Å². The van der Waals surface area contributed by atoms with Gasteiger partial charge in [-0.15, -0.1) is 0 Å². The van der Waals surface area contributed by atoms with Crippen molar-refractivity contribution in [1.29, 1.82) is 0 Å². The van der Waals surface area contributed by atoms with Crippen molar-refractivity contribution in [2.24, 2.45) is 0 Å². The molecule has 0 aliphatic heterocycles. The summed E-state index contributed by atoms with van der Waals surface area (Å²) in [4.78, 5) is 0. The first-order chi connectivity index (χ1) is 4.47. The van der Waals surface area contributed by atoms with Crippen LogP contribution in [0.2, 0.25) is 0 Å². The predicted molar refractivity (Wildman–Crippen MR) is 36.2 cm³/mol. The molecule has 2 aromatic rings. The number of hydrogen-bond donors (Lipinski definition) is 0. The van der Waals surface area contributed by atoms with E-state index in [0.29, 0.717) is 0 Å². The first-order valence-corrected chi connectivity index (χ1v) is 2.89. The van der Waals surface area contributed by atoms with E-state index in [9.17, 15) is 0 Å². The maximum Gasteiger partial charge on any atom is 0.0450 e. The van der Waals surface area contributed by atoms with Gasteiger partial charge in [-0.1, -0.05) is 6.07 Å². The zero-order valence-electron chi connectivity index (χ0n) is 4.91. The van der Waals surface area contributed by atoms with Crippen molar-refractivity contribution < 1.29 is 0 Å². The molecule has 0 aliphatic rings. The number of rotatable bonds is 0. The third-order valence-electron chi connectivity index (χ3n) is 1.38. The van der Waals surface area contributed by atoms with Gasteiger partial charge >= 0.3 is 0 Å². The van der Waals surface area contributed by atoms with Crippen LogP contribution in [-0.4, -0.2) is 4.40 Å². The van der Waals surface area contributed by atoms with Crippen LogP contribution in [0.25, 0.3) is 5.52 Å². The topological polar surface area (TPSA) is 4.41 Å². The van der Waals surface area contributed by atoms with E-state index >= 15 is 0 Å². The van der Waals surface area contributed by atoms with E-state index < -0.39 is 0 Å². The smallest absolute Gasteiger partial charge is 0.0450 e. The van der Waals surface area contributed by atoms with Gasteiger partial charge in [0.2, 0.25) is 0 Å². The molecule has 0 saturated carbocycles. The predicted octanol–water partition coefficient (Wildman–Crippen LogP) is 1.74. The van der Waals surface area contributed by atoms with Gasteiger partial charge in [0, 0.05) is 17.9 Å². The Morgan fingerprint density at radius 3 is 3.22 bits per heavy atom. The summed E-state index contributed by atoms with van der Waals surface area (Å²) >= 11 is 0. The molecule has 1 radical (unpaired) electrons. The first-order valence-electron chi connectivity index (χ1n) is 2.89. The van der Waals surface area contributed by atoms with E-state index in [-0.39, 0.29) is 0 Å². The molecule has 1 nitrogen and oxygen atoms in total. The van der Waals surface area contributed by atoms with Crippen molar-refractivity contribution in [3.63, 3.8) is 0 Å². The number of hydrogen-bond acceptors (Lipinski definition) is 0. The van der Waals surface area contributed by atoms with Crippen LogP contribution in [0.15, 0.2) is 36.7 Å². The Morgan fingerprint density at radius 1 is 1.33 bits per heavy atom. The van der Waals surface area contributed by atoms with Crippen molar-refractivity contribution in [2.75, 3.05) is 0 Å². The fourth-order valence-corrected chi connectivity index (χ4v) is 0.922. The molecule has 0 atom stereocenters. The Kier molecular flexibility index (Phi) is 0.833. The van der Waals surface area contributed by atoms with Gasteiger partial charge in [-0.25, -0.2) is 0 Å². The molecule has 0 aromatic carbocycles. The summed E-state index contributed by atoms with van der Waals surface area (Å²) in [7, 11) is 0. The van der Waals surface area contributed by atoms with E-state index in [1.165, 1.54) is 5.52 Å². The fourth-order valence-electron chi connectivity index (χ4n) is 0.922. The molecule has 0 amide bonds. The lowest BCUT2D eigenvalue weighted by molar-refractivity contribution is 1.20. The molecule has 0 spiro atoms. The summed E-state index contributed by atoms with van der Waals surface area (Å²) in [6, 6.07) is 11.0. The number of nitrogens with zero attached hydrogens (tertiary/aromatic N) is 1. The van der Waals surface area contributed by atoms with Crippen LogP contribution in [0.1, 0.15) is 0 Å². The fraction of sp³-hybridized carbons (Fsp3) is 0. The van der Waals surface area contributed by atoms with E-state index in [4.69, 9.17) is 0 Å². The van der Waals surface area contributed by atoms with Gasteiger partial charge in [-0.3, -0.25) is 0 Å². The van der Waals surface area contributed by atoms with Crippen LogP contribution in [-0.2, 0) is 0 Å². The van der Waals surface area contributed by atoms with Gasteiger partial charge in [0.15, 0.2) is 0 Å². The van der Waals surface area contributed by atoms with Crippen LogP contribution in [0.4, 0.5) is 0 Å². The van der Waals surface area contributed by atoms with E-state index in [0.717, 1.165) is 0 Å². The van der Waals surface area contributed by atoms with Crippen molar-refractivity contribution in [2.45, 2.75) is 0 Å². The first kappa shape index (κ1) is 4.62. The van der Waals surface area contributed by atoms with Gasteiger partial charge < -0.3 is 4.40 Å². The molecule has 0 aliphatic carbocycles. The molecule has 1 heteroatoms. The maximum absolute atomic E-state index is 2.98. The summed E-state index contributed by atoms with van der Waals surface area (Å²) in [6.45, 7) is 0. The highest BCUT2D eigenvalue weighted by Crippen LogP contribution is 2.00. The highest BCUT2D eigenvalue weighted by atomic mass is 14.8. The third kappa shape index (κ3) is 0.617. The lowest BCUT2D eigenvalue weighted by atomic mass is 10.4. The second-order valence-electron chi connectivity index (χ2n) is 1.97. The average Bonchev–Trinajstić information content (AvgIpc) is 2.33. The molecule has 43 valence electrons. The minimum Gasteiger partial charge on any atom is -0.323 e. The van der Waals surface area contributed by atoms with E-state index in [1.54, 1.807) is 0 Å². The monoisotopic (exact) mass is 116 g/mol. The maximum atomic E-state index is 2.98. The Bertz CT molecular complexity index is 279. The van der Waals surface area contributed by atoms with Gasteiger partial charge in [-0.05, 0) is 24.3 Å². The van der Waals surface area contributed by atoms with E-state index in [2.05, 4.69) is 12.1 Å². The summed E-state index contributed by atoms with van der Waals surface area (Å²) < 4.78 is 2.03. The van der Waals surface area contributed by atoms with Crippen LogP contribution < -0.4 is 0 Å². The molecule has 9 heavy (non-hydrogen) atoms. The Hall–Kier alpha value is -1.24. The van der Waals surface area contributed by atoms with Gasteiger partial charge in [-0.2, -0.15) is 0 Å². The van der Waals surface area contributed by atoms with Crippen LogP contribution >= 0.6 is 0 Å². The van der Waals surface area contributed by atoms with Crippen LogP contribution in [0.5, 0.6) is 0 Å². The summed E-state index contributed by atoms with van der Waals surface area (Å²) in [5, 5.41) is 0. The third-order valence-corrected chi connectivity index (χ3v) is 1.38. The standard InChI is InChI=1S/C8H6N/c1-2-6-9-7-3-5-8(9)4-1/h1,3-7H. The van der Waals surface area contributed by atoms with Crippen LogP contribution in [0.3, 0.4) is 0 Å². The number of fused-ring (bicyclic) bond motifs is 1. The van der Waals surface area contributed by atoms with Crippen molar-refractivity contribution >= 4 is 5.52 Å². The Labute approximate surface area is 53.5 Å². The van der Waals surface area contributed by atoms with Gasteiger partial charge in [0.1, 0.15) is 0 Å². The molecular formula is C8H6N. The molecule has 0 saturated heterocycles. The minimum absolute atomic E-state index is 1.22. The number of pyridine rings is 1. The quantitative estimate of drug-likeness (QED) is 0.494. The largest absolute Gasteiger partial charge is 0.323 e. The molecule has 2 rings (SSSR count). The Morgan fingerprint density at radius 2 is 2.33 bits per heavy atom. The van der Waals surface area contributed by atoms with Gasteiger partial charge in [0.05, 0.1) is 0 Å². The zero-order chi connectivity index (χ0) is 6.10. The van der Waals surface area contributed by atoms with E-state index in [1.807, 2.05) is 35.0 Å². The second-order valence-corrected chi connectivity index (χ2v) is 1.97. The van der Waals surface area contributed by atoms with Crippen molar-refractivity contribution in [1.82, 2.24) is 4.40 Å². The normalized spacial score (nSPS) is 10.2. The molecule has 0 fully saturated rings. The molecule has 0 N–H and O–H groups in total. The lowest BCUT2D eigenvalue weighted by Gasteiger charge is -1.88. The second kappa shape index (κ2) is 1.62. The Balaban J connectivity index is 2.95. The molecule has 0 bridgehead atoms. The zero-order valence-corrected chi connectivity index (χ0v) is 4.91. The minimum atomic E-state index is 1.22. The van der Waals surface area contributed by atoms with Crippen molar-refractivity contribution in [3.05, 3.63) is 42.7 Å². The summed E-state index contributed by atoms with van der Waals surface area (Å²) in [5.41, 5.74) is 1.22. The molecule has 2 aromatic heterocycles. The number of aromatic nitrogens is 1. The molecule has 2 heterocycles. The summed E-state index contributed by atoms with van der Waals surface area (Å²) in [5.74, 6) is 0. The van der Waals surface area contributed by atoms with Crippen molar-refractivity contribution in [3.8, 4) is 0 Å². The molecule has 0 unspecified atom stereocenters.